The minimum absolute atomic E-state index is 0.0920. The highest BCUT2D eigenvalue weighted by molar-refractivity contribution is 5.79. The third-order valence-corrected chi connectivity index (χ3v) is 5.94. The van der Waals surface area contributed by atoms with E-state index in [4.69, 9.17) is 0 Å². The number of aryl methyl sites for hydroxylation is 1. The predicted octanol–water partition coefficient (Wildman–Crippen LogP) is 2.97. The van der Waals surface area contributed by atoms with Crippen LogP contribution < -0.4 is 10.1 Å². The number of nitrogens with one attached hydrogen (secondary N) is 1. The van der Waals surface area contributed by atoms with Crippen molar-refractivity contribution in [3.8, 4) is 5.75 Å². The molecule has 0 spiro atoms. The second-order valence-corrected chi connectivity index (χ2v) is 8.19. The van der Waals surface area contributed by atoms with Crippen molar-refractivity contribution in [3.63, 3.8) is 0 Å². The second kappa shape index (κ2) is 10.8. The zero-order valence-electron chi connectivity index (χ0n) is 17.6. The lowest BCUT2D eigenvalue weighted by Gasteiger charge is -2.36. The lowest BCUT2D eigenvalue weighted by atomic mass is 10.1. The lowest BCUT2D eigenvalue weighted by Crippen LogP contribution is -2.51. The fourth-order valence-electron chi connectivity index (χ4n) is 4.18. The minimum atomic E-state index is -4.71. The number of hydrogen-bond acceptors (Lipinski definition) is 4. The van der Waals surface area contributed by atoms with Gasteiger partial charge in [0, 0.05) is 51.6 Å². The number of carbonyl (C=O) groups is 2. The number of nitrogens with zero attached hydrogens (tertiary/aromatic N) is 2. The van der Waals surface area contributed by atoms with Gasteiger partial charge in [0.2, 0.25) is 11.8 Å². The number of benzene rings is 1. The Bertz CT molecular complexity index is 726. The molecular formula is C22H30F3N3O3. The van der Waals surface area contributed by atoms with Crippen LogP contribution in [0.5, 0.6) is 5.75 Å². The molecule has 0 atom stereocenters. The molecule has 0 radical (unpaired) electrons. The molecule has 1 N–H and O–H groups in total. The summed E-state index contributed by atoms with van der Waals surface area (Å²) in [5.74, 6) is 0.166. The van der Waals surface area contributed by atoms with E-state index in [1.54, 1.807) is 0 Å². The Labute approximate surface area is 180 Å². The minimum Gasteiger partial charge on any atom is -0.406 e. The molecule has 3 rings (SSSR count). The number of amides is 2. The quantitative estimate of drug-likeness (QED) is 0.674. The first-order chi connectivity index (χ1) is 14.8. The maximum atomic E-state index is 12.5. The highest BCUT2D eigenvalue weighted by atomic mass is 19.4. The van der Waals surface area contributed by atoms with Crippen molar-refractivity contribution in [2.75, 3.05) is 39.3 Å². The molecule has 0 aromatic heterocycles. The van der Waals surface area contributed by atoms with E-state index in [0.29, 0.717) is 18.9 Å². The van der Waals surface area contributed by atoms with Crippen LogP contribution in [0.1, 0.15) is 37.7 Å². The SMILES string of the molecule is O=C(CCc1ccc(OC(F)(F)F)cc1)NCCN1CCN(C(=O)C2CCCC2)CC1. The molecule has 2 fully saturated rings. The van der Waals surface area contributed by atoms with Crippen molar-refractivity contribution in [2.24, 2.45) is 5.92 Å². The molecule has 1 aromatic carbocycles. The summed E-state index contributed by atoms with van der Waals surface area (Å²) in [5.41, 5.74) is 0.771. The average molecular weight is 441 g/mol. The summed E-state index contributed by atoms with van der Waals surface area (Å²) >= 11 is 0. The molecule has 0 bridgehead atoms. The summed E-state index contributed by atoms with van der Waals surface area (Å²) < 4.78 is 40.3. The van der Waals surface area contributed by atoms with Crippen molar-refractivity contribution < 1.29 is 27.5 Å². The largest absolute Gasteiger partial charge is 0.573 e. The van der Waals surface area contributed by atoms with Crippen LogP contribution in [0.15, 0.2) is 24.3 Å². The van der Waals surface area contributed by atoms with E-state index in [9.17, 15) is 22.8 Å². The van der Waals surface area contributed by atoms with Gasteiger partial charge in [-0.15, -0.1) is 13.2 Å². The van der Waals surface area contributed by atoms with Gasteiger partial charge in [0.15, 0.2) is 0 Å². The van der Waals surface area contributed by atoms with E-state index in [0.717, 1.165) is 64.0 Å². The first-order valence-electron chi connectivity index (χ1n) is 10.9. The molecule has 1 aliphatic carbocycles. The van der Waals surface area contributed by atoms with Crippen molar-refractivity contribution in [1.29, 1.82) is 0 Å². The number of ether oxygens (including phenoxy) is 1. The van der Waals surface area contributed by atoms with Crippen LogP contribution in [0.2, 0.25) is 0 Å². The second-order valence-electron chi connectivity index (χ2n) is 8.19. The normalized spacial score (nSPS) is 18.2. The zero-order valence-corrected chi connectivity index (χ0v) is 17.6. The summed E-state index contributed by atoms with van der Waals surface area (Å²) in [7, 11) is 0. The Hall–Kier alpha value is -2.29. The molecule has 1 saturated carbocycles. The van der Waals surface area contributed by atoms with Gasteiger partial charge in [-0.2, -0.15) is 0 Å². The molecule has 172 valence electrons. The van der Waals surface area contributed by atoms with E-state index in [1.165, 1.54) is 24.3 Å². The van der Waals surface area contributed by atoms with Gasteiger partial charge in [0.1, 0.15) is 5.75 Å². The van der Waals surface area contributed by atoms with Crippen LogP contribution in [-0.2, 0) is 16.0 Å². The van der Waals surface area contributed by atoms with Crippen molar-refractivity contribution >= 4 is 11.8 Å². The van der Waals surface area contributed by atoms with Crippen LogP contribution in [0.25, 0.3) is 0 Å². The molecule has 9 heteroatoms. The summed E-state index contributed by atoms with van der Waals surface area (Å²) in [6.07, 6.45) is 0.373. The first kappa shape index (κ1) is 23.4. The highest BCUT2D eigenvalue weighted by Crippen LogP contribution is 2.27. The van der Waals surface area contributed by atoms with E-state index < -0.39 is 6.36 Å². The van der Waals surface area contributed by atoms with Crippen molar-refractivity contribution in [3.05, 3.63) is 29.8 Å². The average Bonchev–Trinajstić information content (AvgIpc) is 3.27. The number of rotatable bonds is 8. The van der Waals surface area contributed by atoms with E-state index in [1.807, 2.05) is 4.90 Å². The smallest absolute Gasteiger partial charge is 0.406 e. The fourth-order valence-corrected chi connectivity index (χ4v) is 4.18. The van der Waals surface area contributed by atoms with Gasteiger partial charge < -0.3 is 15.0 Å². The van der Waals surface area contributed by atoms with Crippen LogP contribution in [-0.4, -0.2) is 67.2 Å². The maximum Gasteiger partial charge on any atom is 0.573 e. The molecule has 6 nitrogen and oxygen atoms in total. The van der Waals surface area contributed by atoms with E-state index >= 15 is 0 Å². The van der Waals surface area contributed by atoms with Gasteiger partial charge in [0.05, 0.1) is 0 Å². The van der Waals surface area contributed by atoms with Gasteiger partial charge in [-0.1, -0.05) is 25.0 Å². The van der Waals surface area contributed by atoms with Crippen LogP contribution >= 0.6 is 0 Å². The van der Waals surface area contributed by atoms with E-state index in [2.05, 4.69) is 15.0 Å². The molecule has 2 amide bonds. The monoisotopic (exact) mass is 441 g/mol. The Balaban J connectivity index is 1.28. The molecule has 1 aliphatic heterocycles. The number of piperazine rings is 1. The van der Waals surface area contributed by atoms with Crippen molar-refractivity contribution in [1.82, 2.24) is 15.1 Å². The molecule has 1 heterocycles. The summed E-state index contributed by atoms with van der Waals surface area (Å²) in [5, 5.41) is 2.89. The maximum absolute atomic E-state index is 12.5. The van der Waals surface area contributed by atoms with Crippen LogP contribution in [0, 0.1) is 5.92 Å². The summed E-state index contributed by atoms with van der Waals surface area (Å²) in [6.45, 7) is 4.41. The highest BCUT2D eigenvalue weighted by Gasteiger charge is 2.31. The lowest BCUT2D eigenvalue weighted by molar-refractivity contribution is -0.274. The third-order valence-electron chi connectivity index (χ3n) is 5.94. The Morgan fingerprint density at radius 3 is 2.29 bits per heavy atom. The van der Waals surface area contributed by atoms with Crippen molar-refractivity contribution in [2.45, 2.75) is 44.9 Å². The number of hydrogen-bond donors (Lipinski definition) is 1. The number of halogens is 3. The zero-order chi connectivity index (χ0) is 22.3. The fraction of sp³-hybridized carbons (Fsp3) is 0.636. The predicted molar refractivity (Wildman–Crippen MR) is 109 cm³/mol. The summed E-state index contributed by atoms with van der Waals surface area (Å²) in [4.78, 5) is 28.7. The van der Waals surface area contributed by atoms with Gasteiger partial charge in [0.25, 0.3) is 0 Å². The van der Waals surface area contributed by atoms with Crippen LogP contribution in [0.4, 0.5) is 13.2 Å². The Kier molecular flexibility index (Phi) is 8.17. The summed E-state index contributed by atoms with van der Waals surface area (Å²) in [6, 6.07) is 5.55. The van der Waals surface area contributed by atoms with Gasteiger partial charge in [-0.3, -0.25) is 14.5 Å². The Morgan fingerprint density at radius 1 is 1.03 bits per heavy atom. The first-order valence-corrected chi connectivity index (χ1v) is 10.9. The Morgan fingerprint density at radius 2 is 1.68 bits per heavy atom. The van der Waals surface area contributed by atoms with Gasteiger partial charge in [-0.25, -0.2) is 0 Å². The molecular weight excluding hydrogens is 411 g/mol. The number of carbonyl (C=O) groups excluding carboxylic acids is 2. The standard InChI is InChI=1S/C22H30F3N3O3/c23-22(24,25)31-19-8-5-17(6-9-19)7-10-20(29)26-11-12-27-13-15-28(16-14-27)21(30)18-3-1-2-4-18/h5-6,8-9,18H,1-4,7,10-16H2,(H,26,29). The molecule has 0 unspecified atom stereocenters. The molecule has 2 aliphatic rings. The third kappa shape index (κ3) is 7.72. The number of alkyl halides is 3. The van der Waals surface area contributed by atoms with Crippen LogP contribution in [0.3, 0.4) is 0 Å². The van der Waals surface area contributed by atoms with E-state index in [-0.39, 0.29) is 24.0 Å². The van der Waals surface area contributed by atoms with Gasteiger partial charge >= 0.3 is 6.36 Å². The topological polar surface area (TPSA) is 61.9 Å². The molecule has 31 heavy (non-hydrogen) atoms. The molecule has 1 saturated heterocycles. The molecule has 1 aromatic rings. The van der Waals surface area contributed by atoms with Gasteiger partial charge in [-0.05, 0) is 37.0 Å².